The molecule has 0 saturated heterocycles. The van der Waals surface area contributed by atoms with Gasteiger partial charge in [0.2, 0.25) is 5.91 Å². The Hall–Kier alpha value is -1.06. The number of halogens is 1. The molecule has 0 spiro atoms. The molecule has 4 heteroatoms. The van der Waals surface area contributed by atoms with Gasteiger partial charge in [-0.2, -0.15) is 0 Å². The summed E-state index contributed by atoms with van der Waals surface area (Å²) in [7, 11) is 0. The van der Waals surface area contributed by atoms with E-state index in [0.29, 0.717) is 6.42 Å². The zero-order valence-corrected chi connectivity index (χ0v) is 7.80. The zero-order valence-electron chi connectivity index (χ0n) is 6.99. The highest BCUT2D eigenvalue weighted by atomic mass is 35.5. The van der Waals surface area contributed by atoms with Crippen molar-refractivity contribution in [2.24, 2.45) is 5.73 Å². The number of para-hydroxylation sites is 1. The highest BCUT2D eigenvalue weighted by Gasteiger charge is 2.21. The van der Waals surface area contributed by atoms with Gasteiger partial charge < -0.3 is 11.1 Å². The first-order chi connectivity index (χ1) is 5.77. The third kappa shape index (κ3) is 1.82. The fraction of sp³-hybridized carbons (Fsp3) is 0.222. The molecule has 1 aromatic carbocycles. The van der Waals surface area contributed by atoms with Crippen LogP contribution in [0.5, 0.6) is 0 Å². The molecule has 0 bridgehead atoms. The van der Waals surface area contributed by atoms with Crippen LogP contribution in [-0.2, 0) is 11.2 Å². The second-order valence-corrected chi connectivity index (χ2v) is 2.96. The van der Waals surface area contributed by atoms with Crippen LogP contribution >= 0.6 is 12.4 Å². The topological polar surface area (TPSA) is 55.1 Å². The van der Waals surface area contributed by atoms with Crippen LogP contribution in [0.2, 0.25) is 0 Å². The van der Waals surface area contributed by atoms with E-state index < -0.39 is 0 Å². The molecule has 1 atom stereocenters. The molecular weight excluding hydrogens is 188 g/mol. The second kappa shape index (κ2) is 3.77. The first-order valence-corrected chi connectivity index (χ1v) is 3.92. The number of nitrogens with one attached hydrogen (secondary N) is 1. The summed E-state index contributed by atoms with van der Waals surface area (Å²) in [5, 5.41) is 2.75. The minimum Gasteiger partial charge on any atom is -0.324 e. The Balaban J connectivity index is 0.000000845. The molecule has 0 aliphatic carbocycles. The number of carbonyl (C=O) groups is 1. The molecular formula is C9H11ClN2O. The molecule has 1 amide bonds. The largest absolute Gasteiger partial charge is 0.324 e. The van der Waals surface area contributed by atoms with Gasteiger partial charge in [0.15, 0.2) is 0 Å². The maximum absolute atomic E-state index is 11.1. The second-order valence-electron chi connectivity index (χ2n) is 2.96. The predicted octanol–water partition coefficient (Wildman–Crippen LogP) is 0.930. The van der Waals surface area contributed by atoms with Crippen molar-refractivity contribution in [3.8, 4) is 0 Å². The molecule has 1 aromatic rings. The number of carbonyl (C=O) groups excluding carboxylic acids is 1. The van der Waals surface area contributed by atoms with E-state index in [4.69, 9.17) is 5.73 Å². The van der Waals surface area contributed by atoms with E-state index in [0.717, 1.165) is 11.3 Å². The van der Waals surface area contributed by atoms with Crippen LogP contribution in [-0.4, -0.2) is 11.9 Å². The number of fused-ring (bicyclic) bond motifs is 1. The Kier molecular flexibility index (Phi) is 2.90. The van der Waals surface area contributed by atoms with E-state index in [1.165, 1.54) is 0 Å². The van der Waals surface area contributed by atoms with Gasteiger partial charge in [0, 0.05) is 5.69 Å². The van der Waals surface area contributed by atoms with Gasteiger partial charge in [-0.1, -0.05) is 18.2 Å². The lowest BCUT2D eigenvalue weighted by molar-refractivity contribution is -0.117. The van der Waals surface area contributed by atoms with Gasteiger partial charge in [0.25, 0.3) is 0 Å². The lowest BCUT2D eigenvalue weighted by Crippen LogP contribution is -2.40. The average Bonchev–Trinajstić information content (AvgIpc) is 2.07. The Morgan fingerprint density at radius 2 is 2.08 bits per heavy atom. The smallest absolute Gasteiger partial charge is 0.241 e. The third-order valence-electron chi connectivity index (χ3n) is 2.05. The number of benzene rings is 1. The van der Waals surface area contributed by atoms with Crippen LogP contribution in [0.25, 0.3) is 0 Å². The van der Waals surface area contributed by atoms with Gasteiger partial charge in [0.1, 0.15) is 0 Å². The number of rotatable bonds is 0. The molecule has 1 aliphatic rings. The highest BCUT2D eigenvalue weighted by molar-refractivity contribution is 5.97. The van der Waals surface area contributed by atoms with Crippen LogP contribution in [0.15, 0.2) is 24.3 Å². The fourth-order valence-electron chi connectivity index (χ4n) is 1.38. The maximum Gasteiger partial charge on any atom is 0.241 e. The summed E-state index contributed by atoms with van der Waals surface area (Å²) in [4.78, 5) is 11.1. The summed E-state index contributed by atoms with van der Waals surface area (Å²) in [5.74, 6) is -0.0892. The summed E-state index contributed by atoms with van der Waals surface area (Å²) >= 11 is 0. The molecule has 3 N–H and O–H groups in total. The molecule has 0 unspecified atom stereocenters. The molecule has 70 valence electrons. The van der Waals surface area contributed by atoms with E-state index in [1.807, 2.05) is 24.3 Å². The minimum absolute atomic E-state index is 0. The lowest BCUT2D eigenvalue weighted by atomic mass is 10.00. The van der Waals surface area contributed by atoms with Crippen LogP contribution < -0.4 is 11.1 Å². The zero-order chi connectivity index (χ0) is 8.55. The lowest BCUT2D eigenvalue weighted by Gasteiger charge is -2.21. The summed E-state index contributed by atoms with van der Waals surface area (Å²) in [5.41, 5.74) is 7.59. The normalized spacial score (nSPS) is 19.8. The summed E-state index contributed by atoms with van der Waals surface area (Å²) in [6, 6.07) is 7.33. The van der Waals surface area contributed by atoms with E-state index in [2.05, 4.69) is 5.32 Å². The van der Waals surface area contributed by atoms with Crippen molar-refractivity contribution < 1.29 is 4.79 Å². The molecule has 1 heterocycles. The van der Waals surface area contributed by atoms with E-state index >= 15 is 0 Å². The van der Waals surface area contributed by atoms with Crippen molar-refractivity contribution in [2.45, 2.75) is 12.5 Å². The Morgan fingerprint density at radius 3 is 2.85 bits per heavy atom. The van der Waals surface area contributed by atoms with Gasteiger partial charge in [-0.15, -0.1) is 12.4 Å². The molecule has 0 saturated carbocycles. The molecule has 0 aromatic heterocycles. The third-order valence-corrected chi connectivity index (χ3v) is 2.05. The van der Waals surface area contributed by atoms with Crippen molar-refractivity contribution in [1.29, 1.82) is 0 Å². The van der Waals surface area contributed by atoms with Gasteiger partial charge in [-0.3, -0.25) is 4.79 Å². The fourth-order valence-corrected chi connectivity index (χ4v) is 1.38. The minimum atomic E-state index is -0.389. The first-order valence-electron chi connectivity index (χ1n) is 3.92. The quantitative estimate of drug-likeness (QED) is 0.652. The predicted molar refractivity (Wildman–Crippen MR) is 54.0 cm³/mol. The van der Waals surface area contributed by atoms with E-state index in [9.17, 15) is 4.79 Å². The van der Waals surface area contributed by atoms with E-state index in [1.54, 1.807) is 0 Å². The maximum atomic E-state index is 11.1. The molecule has 1 aliphatic heterocycles. The van der Waals surface area contributed by atoms with Gasteiger partial charge in [-0.05, 0) is 18.1 Å². The highest BCUT2D eigenvalue weighted by Crippen LogP contribution is 2.20. The van der Waals surface area contributed by atoms with E-state index in [-0.39, 0.29) is 24.4 Å². The Morgan fingerprint density at radius 1 is 1.38 bits per heavy atom. The van der Waals surface area contributed by atoms with Crippen LogP contribution in [0, 0.1) is 0 Å². The Bertz CT molecular complexity index is 327. The monoisotopic (exact) mass is 198 g/mol. The summed E-state index contributed by atoms with van der Waals surface area (Å²) < 4.78 is 0. The standard InChI is InChI=1S/C9H10N2O.ClH/c10-7-5-6-3-1-2-4-8(6)11-9(7)12;/h1-4,7H,5,10H2,(H,11,12);1H/t7-;/m0./s1. The SMILES string of the molecule is Cl.N[C@H]1Cc2ccccc2NC1=O. The molecule has 2 rings (SSSR count). The van der Waals surface area contributed by atoms with Crippen molar-refractivity contribution in [2.75, 3.05) is 5.32 Å². The molecule has 0 fully saturated rings. The number of nitrogens with two attached hydrogens (primary N) is 1. The molecule has 0 radical (unpaired) electrons. The Labute approximate surface area is 82.7 Å². The van der Waals surface area contributed by atoms with Crippen molar-refractivity contribution in [3.63, 3.8) is 0 Å². The van der Waals surface area contributed by atoms with Crippen LogP contribution in [0.1, 0.15) is 5.56 Å². The molecule has 13 heavy (non-hydrogen) atoms. The van der Waals surface area contributed by atoms with Gasteiger partial charge in [-0.25, -0.2) is 0 Å². The van der Waals surface area contributed by atoms with Gasteiger partial charge >= 0.3 is 0 Å². The first kappa shape index (κ1) is 10.0. The van der Waals surface area contributed by atoms with Crippen molar-refractivity contribution >= 4 is 24.0 Å². The van der Waals surface area contributed by atoms with Crippen molar-refractivity contribution in [3.05, 3.63) is 29.8 Å². The van der Waals surface area contributed by atoms with Gasteiger partial charge in [0.05, 0.1) is 6.04 Å². The van der Waals surface area contributed by atoms with Crippen LogP contribution in [0.3, 0.4) is 0 Å². The number of anilines is 1. The van der Waals surface area contributed by atoms with Crippen LogP contribution in [0.4, 0.5) is 5.69 Å². The molecule has 3 nitrogen and oxygen atoms in total. The average molecular weight is 199 g/mol. The summed E-state index contributed by atoms with van der Waals surface area (Å²) in [6.45, 7) is 0. The number of hydrogen-bond acceptors (Lipinski definition) is 2. The summed E-state index contributed by atoms with van der Waals surface area (Å²) in [6.07, 6.45) is 0.641. The van der Waals surface area contributed by atoms with Crippen molar-refractivity contribution in [1.82, 2.24) is 0 Å². The number of amides is 1. The number of hydrogen-bond donors (Lipinski definition) is 2.